The van der Waals surface area contributed by atoms with Crippen LogP contribution in [0.15, 0.2) is 29.4 Å². The Morgan fingerprint density at radius 3 is 2.18 bits per heavy atom. The van der Waals surface area contributed by atoms with E-state index in [4.69, 9.17) is 0 Å². The van der Waals surface area contributed by atoms with E-state index in [1.807, 2.05) is 38.5 Å². The van der Waals surface area contributed by atoms with Crippen LogP contribution >= 0.6 is 22.7 Å². The van der Waals surface area contributed by atoms with Crippen molar-refractivity contribution in [3.63, 3.8) is 0 Å². The van der Waals surface area contributed by atoms with E-state index >= 15 is 0 Å². The second-order valence-electron chi connectivity index (χ2n) is 3.61. The fourth-order valence-corrected chi connectivity index (χ4v) is 3.06. The summed E-state index contributed by atoms with van der Waals surface area (Å²) in [6.45, 7) is 0. The Morgan fingerprint density at radius 1 is 1.06 bits per heavy atom. The number of hydrazone groups is 1. The number of carbonyl (C=O) groups is 1. The SMILES string of the molecule is CN(C)/N=C/c1ccc(-c2ccc(C=O)s2)s1. The van der Waals surface area contributed by atoms with Gasteiger partial charge >= 0.3 is 0 Å². The zero-order valence-corrected chi connectivity index (χ0v) is 11.2. The van der Waals surface area contributed by atoms with Crippen molar-refractivity contribution in [2.75, 3.05) is 14.1 Å². The van der Waals surface area contributed by atoms with Crippen LogP contribution in [-0.2, 0) is 0 Å². The average Bonchev–Trinajstić information content (AvgIpc) is 2.94. The molecule has 0 aromatic carbocycles. The molecule has 2 rings (SSSR count). The van der Waals surface area contributed by atoms with E-state index in [0.717, 1.165) is 20.9 Å². The van der Waals surface area contributed by atoms with Crippen LogP contribution in [0.25, 0.3) is 9.75 Å². The largest absolute Gasteiger partial charge is 0.303 e. The molecule has 0 saturated carbocycles. The Bertz CT molecular complexity index is 540. The van der Waals surface area contributed by atoms with Crippen LogP contribution in [-0.4, -0.2) is 31.6 Å². The quantitative estimate of drug-likeness (QED) is 0.482. The molecule has 2 aromatic heterocycles. The zero-order chi connectivity index (χ0) is 12.3. The van der Waals surface area contributed by atoms with Crippen LogP contribution in [0.1, 0.15) is 14.5 Å². The molecule has 0 N–H and O–H groups in total. The van der Waals surface area contributed by atoms with Crippen LogP contribution < -0.4 is 0 Å². The first-order chi connectivity index (χ1) is 8.19. The molecule has 0 aliphatic heterocycles. The smallest absolute Gasteiger partial charge is 0.160 e. The summed E-state index contributed by atoms with van der Waals surface area (Å²) in [5, 5.41) is 5.95. The molecule has 5 heteroatoms. The molecule has 0 atom stereocenters. The molecule has 0 fully saturated rings. The summed E-state index contributed by atoms with van der Waals surface area (Å²) in [6.07, 6.45) is 2.72. The molecular weight excluding hydrogens is 252 g/mol. The van der Waals surface area contributed by atoms with Crippen molar-refractivity contribution in [1.29, 1.82) is 0 Å². The van der Waals surface area contributed by atoms with Crippen LogP contribution in [0.3, 0.4) is 0 Å². The highest BCUT2D eigenvalue weighted by atomic mass is 32.1. The second kappa shape index (κ2) is 5.25. The van der Waals surface area contributed by atoms with Crippen LogP contribution in [0.2, 0.25) is 0 Å². The minimum Gasteiger partial charge on any atom is -0.303 e. The first-order valence-corrected chi connectivity index (χ1v) is 6.69. The van der Waals surface area contributed by atoms with E-state index in [1.54, 1.807) is 16.3 Å². The predicted molar refractivity (Wildman–Crippen MR) is 74.3 cm³/mol. The third-order valence-corrected chi connectivity index (χ3v) is 4.25. The lowest BCUT2D eigenvalue weighted by Gasteiger charge is -2.00. The minimum atomic E-state index is 0.761. The van der Waals surface area contributed by atoms with Gasteiger partial charge in [-0.3, -0.25) is 4.79 Å². The number of aldehydes is 1. The van der Waals surface area contributed by atoms with E-state index in [0.29, 0.717) is 0 Å². The number of rotatable bonds is 4. The molecule has 0 amide bonds. The van der Waals surface area contributed by atoms with Gasteiger partial charge in [0, 0.05) is 28.7 Å². The van der Waals surface area contributed by atoms with Crippen molar-refractivity contribution in [1.82, 2.24) is 5.01 Å². The topological polar surface area (TPSA) is 32.7 Å². The van der Waals surface area contributed by atoms with E-state index in [-0.39, 0.29) is 0 Å². The van der Waals surface area contributed by atoms with Gasteiger partial charge in [0.25, 0.3) is 0 Å². The highest BCUT2D eigenvalue weighted by Gasteiger charge is 2.05. The van der Waals surface area contributed by atoms with Crippen LogP contribution in [0.5, 0.6) is 0 Å². The average molecular weight is 264 g/mol. The molecule has 0 radical (unpaired) electrons. The lowest BCUT2D eigenvalue weighted by atomic mass is 10.3. The summed E-state index contributed by atoms with van der Waals surface area (Å²) in [5.41, 5.74) is 0. The van der Waals surface area contributed by atoms with Crippen molar-refractivity contribution < 1.29 is 4.79 Å². The van der Waals surface area contributed by atoms with Gasteiger partial charge in [0.15, 0.2) is 6.29 Å². The minimum absolute atomic E-state index is 0.761. The lowest BCUT2D eigenvalue weighted by Crippen LogP contribution is -2.01. The monoisotopic (exact) mass is 264 g/mol. The summed E-state index contributed by atoms with van der Waals surface area (Å²) in [6, 6.07) is 7.92. The number of hydrogen-bond acceptors (Lipinski definition) is 5. The fourth-order valence-electron chi connectivity index (χ4n) is 1.28. The Kier molecular flexibility index (Phi) is 3.71. The Labute approximate surface area is 108 Å². The third-order valence-electron chi connectivity index (χ3n) is 2.03. The van der Waals surface area contributed by atoms with E-state index < -0.39 is 0 Å². The van der Waals surface area contributed by atoms with Gasteiger partial charge in [-0.2, -0.15) is 5.10 Å². The fraction of sp³-hybridized carbons (Fsp3) is 0.167. The van der Waals surface area contributed by atoms with Gasteiger partial charge in [-0.25, -0.2) is 0 Å². The molecular formula is C12H12N2OS2. The summed E-state index contributed by atoms with van der Waals surface area (Å²) in [4.78, 5) is 14.8. The van der Waals surface area contributed by atoms with Gasteiger partial charge < -0.3 is 5.01 Å². The number of nitrogens with zero attached hydrogens (tertiary/aromatic N) is 2. The molecule has 0 saturated heterocycles. The lowest BCUT2D eigenvalue weighted by molar-refractivity contribution is 0.112. The van der Waals surface area contributed by atoms with Crippen molar-refractivity contribution in [2.45, 2.75) is 0 Å². The maximum absolute atomic E-state index is 10.6. The molecule has 2 aromatic rings. The second-order valence-corrected chi connectivity index (χ2v) is 5.84. The summed E-state index contributed by atoms with van der Waals surface area (Å²) >= 11 is 3.18. The summed E-state index contributed by atoms with van der Waals surface area (Å²) in [7, 11) is 3.78. The molecule has 0 bridgehead atoms. The maximum atomic E-state index is 10.6. The first kappa shape index (κ1) is 12.0. The molecule has 0 aliphatic rings. The van der Waals surface area contributed by atoms with Crippen LogP contribution in [0, 0.1) is 0 Å². The summed E-state index contributed by atoms with van der Waals surface area (Å²) < 4.78 is 0. The Balaban J connectivity index is 2.20. The first-order valence-electron chi connectivity index (χ1n) is 5.05. The Hall–Kier alpha value is -1.46. The van der Waals surface area contributed by atoms with Crippen molar-refractivity contribution in [3.05, 3.63) is 34.0 Å². The summed E-state index contributed by atoms with van der Waals surface area (Å²) in [5.74, 6) is 0. The predicted octanol–water partition coefficient (Wildman–Crippen LogP) is 3.18. The van der Waals surface area contributed by atoms with Gasteiger partial charge in [0.2, 0.25) is 0 Å². The molecule has 88 valence electrons. The molecule has 0 aliphatic carbocycles. The van der Waals surface area contributed by atoms with Crippen molar-refractivity contribution in [2.24, 2.45) is 5.10 Å². The van der Waals surface area contributed by atoms with E-state index in [1.165, 1.54) is 16.2 Å². The molecule has 17 heavy (non-hydrogen) atoms. The Morgan fingerprint density at radius 2 is 1.65 bits per heavy atom. The van der Waals surface area contributed by atoms with Crippen molar-refractivity contribution >= 4 is 35.2 Å². The van der Waals surface area contributed by atoms with E-state index in [9.17, 15) is 4.79 Å². The number of hydrogen-bond donors (Lipinski definition) is 0. The zero-order valence-electron chi connectivity index (χ0n) is 9.58. The normalized spacial score (nSPS) is 10.9. The standard InChI is InChI=1S/C12H12N2OS2/c1-14(2)13-7-9-3-5-11(16-9)12-6-4-10(8-15)17-12/h3-8H,1-2H3/b13-7+. The molecule has 0 unspecified atom stereocenters. The number of carbonyl (C=O) groups excluding carboxylic acids is 1. The van der Waals surface area contributed by atoms with Gasteiger partial charge in [0.05, 0.1) is 11.1 Å². The highest BCUT2D eigenvalue weighted by Crippen LogP contribution is 2.32. The maximum Gasteiger partial charge on any atom is 0.160 e. The molecule has 3 nitrogen and oxygen atoms in total. The third kappa shape index (κ3) is 3.01. The highest BCUT2D eigenvalue weighted by molar-refractivity contribution is 7.23. The van der Waals surface area contributed by atoms with Gasteiger partial charge in [-0.15, -0.1) is 22.7 Å². The molecule has 2 heterocycles. The van der Waals surface area contributed by atoms with Gasteiger partial charge in [-0.05, 0) is 24.3 Å². The number of thiophene rings is 2. The van der Waals surface area contributed by atoms with Crippen LogP contribution in [0.4, 0.5) is 0 Å². The van der Waals surface area contributed by atoms with Crippen molar-refractivity contribution in [3.8, 4) is 9.75 Å². The van der Waals surface area contributed by atoms with Gasteiger partial charge in [0.1, 0.15) is 0 Å². The van der Waals surface area contributed by atoms with E-state index in [2.05, 4.69) is 11.2 Å². The molecule has 0 spiro atoms. The van der Waals surface area contributed by atoms with Gasteiger partial charge in [-0.1, -0.05) is 0 Å².